The van der Waals surface area contributed by atoms with E-state index in [1.54, 1.807) is 0 Å². The predicted octanol–water partition coefficient (Wildman–Crippen LogP) is 0.552. The Hall–Kier alpha value is -2.02. The van der Waals surface area contributed by atoms with Crippen LogP contribution in [-0.2, 0) is 44.1 Å². The maximum absolute atomic E-state index is 13.2. The summed E-state index contributed by atoms with van der Waals surface area (Å²) in [7, 11) is -22.0. The second-order valence-corrected chi connectivity index (χ2v) is 11.1. The Morgan fingerprint density at radius 3 is 1.17 bits per heavy atom. The lowest BCUT2D eigenvalue weighted by atomic mass is 10.3. The maximum Gasteiger partial charge on any atom is 0.313 e. The fourth-order valence-corrected chi connectivity index (χ4v) is 6.99. The van der Waals surface area contributed by atoms with E-state index in [-0.39, 0.29) is 24.3 Å². The number of hydrogen-bond donors (Lipinski definition) is 2. The number of hydrogen-bond acceptors (Lipinski definition) is 9. The monoisotopic (exact) mass is 494 g/mol. The highest BCUT2D eigenvalue weighted by Crippen LogP contribution is 2.29. The molecule has 11 nitrogen and oxygen atoms in total. The molecule has 2 aromatic rings. The van der Waals surface area contributed by atoms with Crippen molar-refractivity contribution in [2.45, 2.75) is 19.6 Å². The third-order valence-electron chi connectivity index (χ3n) is 3.09. The first-order chi connectivity index (χ1) is 12.9. The molecule has 0 spiro atoms. The van der Waals surface area contributed by atoms with Crippen molar-refractivity contribution >= 4 is 40.5 Å². The van der Waals surface area contributed by atoms with Gasteiger partial charge in [-0.15, -0.1) is 3.63 Å². The summed E-state index contributed by atoms with van der Waals surface area (Å²) in [6.07, 6.45) is 0. The van der Waals surface area contributed by atoms with Gasteiger partial charge in [-0.1, -0.05) is 0 Å². The predicted molar refractivity (Wildman–Crippen MR) is 87.9 cm³/mol. The molecule has 160 valence electrons. The van der Waals surface area contributed by atoms with Gasteiger partial charge < -0.3 is 0 Å². The smallest absolute Gasteiger partial charge is 0.282 e. The first-order valence-electron chi connectivity index (χ1n) is 6.70. The van der Waals surface area contributed by atoms with Crippen LogP contribution in [0.3, 0.4) is 0 Å². The Kier molecular flexibility index (Phi) is 5.89. The van der Waals surface area contributed by atoms with Gasteiger partial charge in [0.15, 0.2) is 0 Å². The minimum Gasteiger partial charge on any atom is -0.282 e. The van der Waals surface area contributed by atoms with Crippen LogP contribution in [0.1, 0.15) is 0 Å². The molecule has 0 saturated carbocycles. The quantitative estimate of drug-likeness (QED) is 0.534. The maximum atomic E-state index is 13.2. The van der Waals surface area contributed by atoms with Crippen molar-refractivity contribution in [3.63, 3.8) is 0 Å². The van der Waals surface area contributed by atoms with E-state index in [1.807, 2.05) is 0 Å². The molecule has 0 aliphatic rings. The standard InChI is InChI=1S/C12H8F2O11S4/c13-7-1-3-9(11(5-7)26(15,16)17)28(21,22)25-29(23,24)10-4-2-8(14)6-12(10)27(18,19)20/h1-6H,(H,15,16,17)(H,18,19,20). The molecule has 0 saturated heterocycles. The van der Waals surface area contributed by atoms with Crippen LogP contribution in [0.2, 0.25) is 0 Å². The molecule has 0 heterocycles. The Bertz CT molecular complexity index is 1300. The second-order valence-electron chi connectivity index (χ2n) is 5.11. The largest absolute Gasteiger partial charge is 0.313 e. The van der Waals surface area contributed by atoms with E-state index < -0.39 is 71.7 Å². The first-order valence-corrected chi connectivity index (χ1v) is 12.4. The normalized spacial score (nSPS) is 13.4. The molecule has 0 fully saturated rings. The van der Waals surface area contributed by atoms with Gasteiger partial charge in [-0.3, -0.25) is 9.11 Å². The summed E-state index contributed by atoms with van der Waals surface area (Å²) >= 11 is 0. The molecule has 0 radical (unpaired) electrons. The highest BCUT2D eigenvalue weighted by atomic mass is 32.3. The molecule has 0 aliphatic heterocycles. The van der Waals surface area contributed by atoms with Gasteiger partial charge in [0.05, 0.1) is 0 Å². The lowest BCUT2D eigenvalue weighted by Gasteiger charge is -2.11. The summed E-state index contributed by atoms with van der Waals surface area (Å²) in [6, 6.07) is 1.44. The Balaban J connectivity index is 2.70. The van der Waals surface area contributed by atoms with Gasteiger partial charge in [0, 0.05) is 0 Å². The summed E-state index contributed by atoms with van der Waals surface area (Å²) in [5, 5.41) is 0. The lowest BCUT2D eigenvalue weighted by Crippen LogP contribution is -2.19. The van der Waals surface area contributed by atoms with E-state index in [0.717, 1.165) is 0 Å². The van der Waals surface area contributed by atoms with Crippen molar-refractivity contribution in [3.05, 3.63) is 48.0 Å². The van der Waals surface area contributed by atoms with Crippen LogP contribution in [0, 0.1) is 11.6 Å². The van der Waals surface area contributed by atoms with E-state index in [0.29, 0.717) is 12.1 Å². The summed E-state index contributed by atoms with van der Waals surface area (Å²) in [6.45, 7) is 0. The van der Waals surface area contributed by atoms with Crippen LogP contribution in [0.15, 0.2) is 56.0 Å². The van der Waals surface area contributed by atoms with Gasteiger partial charge in [0.25, 0.3) is 20.2 Å². The van der Waals surface area contributed by atoms with Gasteiger partial charge in [0.2, 0.25) is 0 Å². The summed E-state index contributed by atoms with van der Waals surface area (Å²) in [5.41, 5.74) is 0. The fraction of sp³-hybridized carbons (Fsp3) is 0. The second kappa shape index (κ2) is 7.35. The molecule has 0 atom stereocenters. The molecular formula is C12H8F2O11S4. The fourth-order valence-electron chi connectivity index (χ4n) is 1.97. The minimum atomic E-state index is -5.63. The van der Waals surface area contributed by atoms with E-state index in [9.17, 15) is 42.5 Å². The van der Waals surface area contributed by atoms with Crippen LogP contribution in [0.4, 0.5) is 8.78 Å². The van der Waals surface area contributed by atoms with Crippen LogP contribution in [0.25, 0.3) is 0 Å². The molecule has 0 unspecified atom stereocenters. The first kappa shape index (κ1) is 23.3. The Morgan fingerprint density at radius 2 is 0.897 bits per heavy atom. The number of benzene rings is 2. The van der Waals surface area contributed by atoms with Gasteiger partial charge in [-0.2, -0.15) is 33.7 Å². The van der Waals surface area contributed by atoms with Gasteiger partial charge in [0.1, 0.15) is 31.2 Å². The van der Waals surface area contributed by atoms with Gasteiger partial charge >= 0.3 is 20.2 Å². The zero-order valence-electron chi connectivity index (χ0n) is 13.4. The van der Waals surface area contributed by atoms with E-state index in [2.05, 4.69) is 3.63 Å². The van der Waals surface area contributed by atoms with E-state index in [1.165, 1.54) is 0 Å². The van der Waals surface area contributed by atoms with Crippen LogP contribution in [-0.4, -0.2) is 42.8 Å². The molecule has 2 rings (SSSR count). The van der Waals surface area contributed by atoms with Gasteiger partial charge in [-0.25, -0.2) is 8.78 Å². The topological polar surface area (TPSA) is 186 Å². The highest BCUT2D eigenvalue weighted by molar-refractivity contribution is 8.00. The van der Waals surface area contributed by atoms with Crippen molar-refractivity contribution in [1.29, 1.82) is 0 Å². The van der Waals surface area contributed by atoms with Crippen molar-refractivity contribution in [2.75, 3.05) is 0 Å². The van der Waals surface area contributed by atoms with Crippen LogP contribution >= 0.6 is 0 Å². The lowest BCUT2D eigenvalue weighted by molar-refractivity contribution is 0.448. The SMILES string of the molecule is O=S(=O)(O)c1cc(F)ccc1S(=O)(=O)OS(=O)(=O)c1ccc(F)cc1S(=O)(=O)O. The third-order valence-corrected chi connectivity index (χ3v) is 8.35. The molecule has 0 bridgehead atoms. The molecule has 29 heavy (non-hydrogen) atoms. The van der Waals surface area contributed by atoms with Crippen LogP contribution in [0.5, 0.6) is 0 Å². The highest BCUT2D eigenvalue weighted by Gasteiger charge is 2.35. The van der Waals surface area contributed by atoms with Crippen LogP contribution < -0.4 is 0 Å². The average Bonchev–Trinajstić information content (AvgIpc) is 2.51. The molecule has 2 aromatic carbocycles. The zero-order valence-corrected chi connectivity index (χ0v) is 16.7. The van der Waals surface area contributed by atoms with Crippen molar-refractivity contribution in [2.24, 2.45) is 0 Å². The molecule has 0 amide bonds. The number of halogens is 2. The summed E-state index contributed by atoms with van der Waals surface area (Å²) in [4.78, 5) is -6.13. The molecular weight excluding hydrogens is 486 g/mol. The molecule has 17 heteroatoms. The van der Waals surface area contributed by atoms with E-state index >= 15 is 0 Å². The van der Waals surface area contributed by atoms with E-state index in [4.69, 9.17) is 9.11 Å². The Morgan fingerprint density at radius 1 is 0.586 bits per heavy atom. The number of rotatable bonds is 6. The average molecular weight is 494 g/mol. The summed E-state index contributed by atoms with van der Waals surface area (Å²) in [5.74, 6) is -2.63. The zero-order chi connectivity index (χ0) is 22.4. The molecule has 0 aromatic heterocycles. The van der Waals surface area contributed by atoms with Crippen molar-refractivity contribution in [1.82, 2.24) is 0 Å². The Labute approximate surface area is 163 Å². The summed E-state index contributed by atoms with van der Waals surface area (Å²) < 4.78 is 143. The van der Waals surface area contributed by atoms with Gasteiger partial charge in [-0.05, 0) is 36.4 Å². The molecule has 0 aliphatic carbocycles. The van der Waals surface area contributed by atoms with Crippen molar-refractivity contribution < 1.29 is 55.2 Å². The van der Waals surface area contributed by atoms with Crippen molar-refractivity contribution in [3.8, 4) is 0 Å². The molecule has 2 N–H and O–H groups in total. The minimum absolute atomic E-state index is 0.0553. The third kappa shape index (κ3) is 5.13.